The summed E-state index contributed by atoms with van der Waals surface area (Å²) in [6.07, 6.45) is 2.48. The van der Waals surface area contributed by atoms with Crippen molar-refractivity contribution in [2.24, 2.45) is 0 Å². The van der Waals surface area contributed by atoms with Crippen LogP contribution in [0.3, 0.4) is 0 Å². The van der Waals surface area contributed by atoms with E-state index in [1.54, 1.807) is 0 Å². The van der Waals surface area contributed by atoms with E-state index in [0.717, 1.165) is 13.1 Å². The van der Waals surface area contributed by atoms with Gasteiger partial charge in [-0.3, -0.25) is 0 Å². The first-order valence-corrected chi connectivity index (χ1v) is 4.91. The fourth-order valence-corrected chi connectivity index (χ4v) is 2.64. The molecule has 0 saturated carbocycles. The smallest absolute Gasteiger partial charge is 0.0764 e. The minimum Gasteiger partial charge on any atom is -0.371 e. The van der Waals surface area contributed by atoms with Gasteiger partial charge in [0.2, 0.25) is 0 Å². The Balaban J connectivity index is 2.36. The Labute approximate surface area is 80.5 Å². The maximum Gasteiger partial charge on any atom is 0.0764 e. The lowest BCUT2D eigenvalue weighted by molar-refractivity contribution is 0.148. The van der Waals surface area contributed by atoms with E-state index in [-0.39, 0.29) is 5.54 Å². The van der Waals surface area contributed by atoms with Crippen LogP contribution >= 0.6 is 0 Å². The molecule has 2 heteroatoms. The van der Waals surface area contributed by atoms with Crippen molar-refractivity contribution < 1.29 is 0 Å². The monoisotopic (exact) mass is 178 g/mol. The second kappa shape index (κ2) is 2.53. The minimum atomic E-state index is 0.157. The molecule has 2 fully saturated rings. The van der Waals surface area contributed by atoms with Crippen molar-refractivity contribution in [3.63, 3.8) is 0 Å². The van der Waals surface area contributed by atoms with Gasteiger partial charge in [-0.25, -0.2) is 0 Å². The third-order valence-corrected chi connectivity index (χ3v) is 3.52. The van der Waals surface area contributed by atoms with Crippen molar-refractivity contribution in [2.45, 2.75) is 25.3 Å². The molecule has 2 aliphatic heterocycles. The summed E-state index contributed by atoms with van der Waals surface area (Å²) < 4.78 is 0. The van der Waals surface area contributed by atoms with Gasteiger partial charge in [0.25, 0.3) is 0 Å². The summed E-state index contributed by atoms with van der Waals surface area (Å²) in [5, 5.41) is 0. The number of likely N-dealkylation sites (N-methyl/N-ethyl adjacent to an activating group) is 1. The van der Waals surface area contributed by atoms with Gasteiger partial charge in [-0.1, -0.05) is 13.2 Å². The molecule has 72 valence electrons. The molecule has 0 aromatic heterocycles. The third-order valence-electron chi connectivity index (χ3n) is 3.52. The van der Waals surface area contributed by atoms with Gasteiger partial charge in [-0.05, 0) is 19.8 Å². The van der Waals surface area contributed by atoms with Crippen LogP contribution in [0.15, 0.2) is 24.6 Å². The van der Waals surface area contributed by atoms with Gasteiger partial charge in [-0.2, -0.15) is 0 Å². The second-order valence-corrected chi connectivity index (χ2v) is 4.40. The molecule has 1 unspecified atom stereocenters. The highest BCUT2D eigenvalue weighted by molar-refractivity contribution is 5.26. The van der Waals surface area contributed by atoms with Gasteiger partial charge < -0.3 is 9.80 Å². The van der Waals surface area contributed by atoms with Crippen molar-refractivity contribution in [2.75, 3.05) is 20.1 Å². The summed E-state index contributed by atoms with van der Waals surface area (Å²) in [5.41, 5.74) is 2.65. The van der Waals surface area contributed by atoms with Gasteiger partial charge in [0.05, 0.1) is 12.1 Å². The topological polar surface area (TPSA) is 6.48 Å². The van der Waals surface area contributed by atoms with E-state index < -0.39 is 0 Å². The average molecular weight is 178 g/mol. The molecule has 0 radical (unpaired) electrons. The summed E-state index contributed by atoms with van der Waals surface area (Å²) in [4.78, 5) is 4.65. The predicted octanol–water partition coefficient (Wildman–Crippen LogP) is 1.81. The first kappa shape index (κ1) is 8.67. The average Bonchev–Trinajstić information content (AvgIpc) is 2.45. The Morgan fingerprint density at radius 2 is 2.08 bits per heavy atom. The van der Waals surface area contributed by atoms with Gasteiger partial charge >= 0.3 is 0 Å². The predicted molar refractivity (Wildman–Crippen MR) is 55.3 cm³/mol. The fourth-order valence-electron chi connectivity index (χ4n) is 2.64. The van der Waals surface area contributed by atoms with Crippen LogP contribution in [0.5, 0.6) is 0 Å². The second-order valence-electron chi connectivity index (χ2n) is 4.40. The maximum absolute atomic E-state index is 4.19. The summed E-state index contributed by atoms with van der Waals surface area (Å²) in [6.45, 7) is 12.7. The number of piperazine rings is 1. The highest BCUT2D eigenvalue weighted by atomic mass is 15.3. The maximum atomic E-state index is 4.19. The molecule has 13 heavy (non-hydrogen) atoms. The fraction of sp³-hybridized carbons (Fsp3) is 0.636. The molecule has 0 aliphatic carbocycles. The molecule has 0 aromatic carbocycles. The van der Waals surface area contributed by atoms with E-state index in [9.17, 15) is 0 Å². The molecule has 0 spiro atoms. The van der Waals surface area contributed by atoms with Crippen LogP contribution in [0.2, 0.25) is 0 Å². The van der Waals surface area contributed by atoms with Crippen molar-refractivity contribution in [3.8, 4) is 0 Å². The number of fused-ring (bicyclic) bond motifs is 1. The van der Waals surface area contributed by atoms with Gasteiger partial charge in [-0.15, -0.1) is 0 Å². The Morgan fingerprint density at radius 3 is 2.77 bits per heavy atom. The largest absolute Gasteiger partial charge is 0.371 e. The van der Waals surface area contributed by atoms with E-state index in [0.29, 0.717) is 0 Å². The molecule has 0 aromatic rings. The van der Waals surface area contributed by atoms with Crippen molar-refractivity contribution >= 4 is 0 Å². The molecule has 0 bridgehead atoms. The normalized spacial score (nSPS) is 34.0. The van der Waals surface area contributed by atoms with E-state index in [1.807, 2.05) is 0 Å². The minimum absolute atomic E-state index is 0.157. The molecular formula is C11H18N2. The molecular weight excluding hydrogens is 160 g/mol. The Bertz CT molecular complexity index is 269. The highest BCUT2D eigenvalue weighted by Gasteiger charge is 2.44. The molecule has 0 amide bonds. The Hall–Kier alpha value is -0.920. The Kier molecular flexibility index (Phi) is 1.69. The zero-order valence-corrected chi connectivity index (χ0v) is 8.64. The SMILES string of the molecule is C=C1CN(C)C(=C)C2(C)CCCN12. The Morgan fingerprint density at radius 1 is 1.38 bits per heavy atom. The van der Waals surface area contributed by atoms with Gasteiger partial charge in [0.15, 0.2) is 0 Å². The molecule has 2 nitrogen and oxygen atoms in total. The third kappa shape index (κ3) is 1.01. The van der Waals surface area contributed by atoms with Crippen LogP contribution in [-0.2, 0) is 0 Å². The van der Waals surface area contributed by atoms with Crippen LogP contribution in [0.25, 0.3) is 0 Å². The zero-order valence-electron chi connectivity index (χ0n) is 8.64. The van der Waals surface area contributed by atoms with Crippen LogP contribution in [0, 0.1) is 0 Å². The summed E-state index contributed by atoms with van der Waals surface area (Å²) >= 11 is 0. The lowest BCUT2D eigenvalue weighted by atomic mass is 9.91. The molecule has 2 saturated heterocycles. The van der Waals surface area contributed by atoms with E-state index in [4.69, 9.17) is 0 Å². The number of nitrogens with zero attached hydrogens (tertiary/aromatic N) is 2. The molecule has 2 rings (SSSR count). The van der Waals surface area contributed by atoms with Crippen molar-refractivity contribution in [1.29, 1.82) is 0 Å². The lowest BCUT2D eigenvalue weighted by Crippen LogP contribution is -2.52. The van der Waals surface area contributed by atoms with Crippen molar-refractivity contribution in [3.05, 3.63) is 24.6 Å². The molecule has 1 atom stereocenters. The molecule has 0 N–H and O–H groups in total. The quantitative estimate of drug-likeness (QED) is 0.558. The van der Waals surface area contributed by atoms with Gasteiger partial charge in [0, 0.05) is 25.0 Å². The van der Waals surface area contributed by atoms with Crippen LogP contribution in [0.1, 0.15) is 19.8 Å². The van der Waals surface area contributed by atoms with Crippen LogP contribution in [0.4, 0.5) is 0 Å². The molecule has 2 heterocycles. The van der Waals surface area contributed by atoms with Crippen molar-refractivity contribution in [1.82, 2.24) is 9.80 Å². The summed E-state index contributed by atoms with van der Waals surface area (Å²) in [5.74, 6) is 0. The summed E-state index contributed by atoms with van der Waals surface area (Å²) in [6, 6.07) is 0. The van der Waals surface area contributed by atoms with E-state index in [2.05, 4.69) is 36.9 Å². The number of hydrogen-bond acceptors (Lipinski definition) is 2. The zero-order chi connectivity index (χ0) is 9.64. The molecule has 2 aliphatic rings. The standard InChI is InChI=1S/C11H18N2/c1-9-8-12(4)10(2)11(3)6-5-7-13(9)11/h1-2,5-8H2,3-4H3. The number of rotatable bonds is 0. The summed E-state index contributed by atoms with van der Waals surface area (Å²) in [7, 11) is 2.11. The van der Waals surface area contributed by atoms with E-state index >= 15 is 0 Å². The van der Waals surface area contributed by atoms with E-state index in [1.165, 1.54) is 24.2 Å². The first-order chi connectivity index (χ1) is 6.05. The number of hydrogen-bond donors (Lipinski definition) is 0. The van der Waals surface area contributed by atoms with Gasteiger partial charge in [0.1, 0.15) is 0 Å². The lowest BCUT2D eigenvalue weighted by Gasteiger charge is -2.48. The first-order valence-electron chi connectivity index (χ1n) is 4.91. The highest BCUT2D eigenvalue weighted by Crippen LogP contribution is 2.41. The van der Waals surface area contributed by atoms with Crippen LogP contribution in [-0.4, -0.2) is 35.5 Å². The van der Waals surface area contributed by atoms with Crippen LogP contribution < -0.4 is 0 Å².